The fourth-order valence-corrected chi connectivity index (χ4v) is 5.54. The van der Waals surface area contributed by atoms with Gasteiger partial charge in [-0.1, -0.05) is 71.0 Å². The van der Waals surface area contributed by atoms with Crippen LogP contribution in [0, 0.1) is 5.41 Å². The third-order valence-corrected chi connectivity index (χ3v) is 7.01. The predicted octanol–water partition coefficient (Wildman–Crippen LogP) is 7.16. The highest BCUT2D eigenvalue weighted by Crippen LogP contribution is 2.34. The third kappa shape index (κ3) is 7.72. The Morgan fingerprint density at radius 1 is 1.12 bits per heavy atom. The van der Waals surface area contributed by atoms with Crippen molar-refractivity contribution in [1.29, 1.82) is 0 Å². The first kappa shape index (κ1) is 31.4. The Hall–Kier alpha value is -3.17. The van der Waals surface area contributed by atoms with Gasteiger partial charge in [-0.05, 0) is 45.3 Å². The number of aromatic nitrogens is 3. The second-order valence-corrected chi connectivity index (χ2v) is 15.2. The summed E-state index contributed by atoms with van der Waals surface area (Å²) in [4.78, 5) is 22.7. The van der Waals surface area contributed by atoms with Gasteiger partial charge in [-0.15, -0.1) is 6.58 Å². The first-order valence-electron chi connectivity index (χ1n) is 14.1. The highest BCUT2D eigenvalue weighted by molar-refractivity contribution is 6.48. The van der Waals surface area contributed by atoms with Crippen molar-refractivity contribution >= 4 is 32.4 Å². The number of carbonyl (C=O) groups excluding carboxylic acids is 1. The molecule has 3 rings (SSSR count). The molecule has 1 aromatic carbocycles. The summed E-state index contributed by atoms with van der Waals surface area (Å²) in [6.45, 7) is 25.6. The maximum atomic E-state index is 13.8. The molecule has 0 bridgehead atoms. The van der Waals surface area contributed by atoms with Gasteiger partial charge in [0, 0.05) is 23.6 Å². The quantitative estimate of drug-likeness (QED) is 0.148. The molecule has 0 saturated carbocycles. The summed E-state index contributed by atoms with van der Waals surface area (Å²) in [6, 6.07) is 11.8. The molecular formula is C31H47N5O3Si. The van der Waals surface area contributed by atoms with Crippen molar-refractivity contribution in [3.63, 3.8) is 0 Å². The number of hydrogen-bond acceptors (Lipinski definition) is 6. The summed E-state index contributed by atoms with van der Waals surface area (Å²) in [5.41, 5.74) is 1.80. The van der Waals surface area contributed by atoms with E-state index in [2.05, 4.69) is 59.2 Å². The molecule has 0 unspecified atom stereocenters. The second kappa shape index (κ2) is 12.6. The van der Waals surface area contributed by atoms with Crippen molar-refractivity contribution in [2.45, 2.75) is 92.8 Å². The number of rotatable bonds is 10. The van der Waals surface area contributed by atoms with E-state index < -0.39 is 20.7 Å². The highest BCUT2D eigenvalue weighted by atomic mass is 28.3. The first-order valence-corrected chi connectivity index (χ1v) is 16.9. The Bertz CT molecular complexity index is 1290. The summed E-state index contributed by atoms with van der Waals surface area (Å²) < 4.78 is 14.3. The van der Waals surface area contributed by atoms with Crippen molar-refractivity contribution in [3.05, 3.63) is 66.4 Å². The monoisotopic (exact) mass is 565 g/mol. The maximum absolute atomic E-state index is 13.8. The van der Waals surface area contributed by atoms with Gasteiger partial charge in [-0.25, -0.2) is 9.78 Å². The van der Waals surface area contributed by atoms with E-state index in [9.17, 15) is 4.79 Å². The molecule has 2 heterocycles. The molecule has 0 fully saturated rings. The van der Waals surface area contributed by atoms with Crippen molar-refractivity contribution in [3.8, 4) is 0 Å². The fourth-order valence-electron chi connectivity index (χ4n) is 4.47. The van der Waals surface area contributed by atoms with Crippen LogP contribution >= 0.6 is 0 Å². The number of hydrogen-bond donors (Lipinski definition) is 0. The molecule has 0 aliphatic rings. The molecule has 0 radical (unpaired) electrons. The zero-order chi connectivity index (χ0) is 29.8. The van der Waals surface area contributed by atoms with Crippen molar-refractivity contribution in [2.75, 3.05) is 16.3 Å². The molecule has 0 spiro atoms. The summed E-state index contributed by atoms with van der Waals surface area (Å²) in [5, 5.41) is 4.71. The lowest BCUT2D eigenvalue weighted by molar-refractivity contribution is 0.0575. The van der Waals surface area contributed by atoms with Gasteiger partial charge in [0.2, 0.25) is 0 Å². The molecule has 8 nitrogen and oxygen atoms in total. The molecule has 1 atom stereocenters. The minimum absolute atomic E-state index is 0.183. The predicted molar refractivity (Wildman–Crippen MR) is 167 cm³/mol. The van der Waals surface area contributed by atoms with E-state index in [1.54, 1.807) is 9.42 Å². The van der Waals surface area contributed by atoms with Gasteiger partial charge in [0.25, 0.3) is 0 Å². The van der Waals surface area contributed by atoms with E-state index >= 15 is 0 Å². The van der Waals surface area contributed by atoms with Crippen LogP contribution in [0.1, 0.15) is 72.4 Å². The van der Waals surface area contributed by atoms with Crippen LogP contribution in [0.2, 0.25) is 13.1 Å². The zero-order valence-corrected chi connectivity index (χ0v) is 27.1. The highest BCUT2D eigenvalue weighted by Gasteiger charge is 2.34. The van der Waals surface area contributed by atoms with E-state index in [1.165, 1.54) is 0 Å². The SMILES string of the molecule is C=CCN(c1cc(N(Cc2ccccc2)C(=O)OC(C)(C)C)n2ncc(C(C)C)c2n1)[C@H](O[SiH](C)C)C(C)(C)C. The average molecular weight is 566 g/mol. The average Bonchev–Trinajstić information content (AvgIpc) is 3.27. The Morgan fingerprint density at radius 2 is 1.77 bits per heavy atom. The summed E-state index contributed by atoms with van der Waals surface area (Å²) in [5.74, 6) is 1.46. The number of fused-ring (bicyclic) bond motifs is 1. The topological polar surface area (TPSA) is 72.2 Å². The molecule has 9 heteroatoms. The Morgan fingerprint density at radius 3 is 2.30 bits per heavy atom. The van der Waals surface area contributed by atoms with Crippen LogP contribution in [0.3, 0.4) is 0 Å². The van der Waals surface area contributed by atoms with Crippen molar-refractivity contribution in [2.24, 2.45) is 5.41 Å². The van der Waals surface area contributed by atoms with Crippen LogP contribution in [0.4, 0.5) is 16.4 Å². The van der Waals surface area contributed by atoms with Gasteiger partial charge in [0.1, 0.15) is 23.5 Å². The van der Waals surface area contributed by atoms with E-state index in [1.807, 2.05) is 69.4 Å². The van der Waals surface area contributed by atoms with Gasteiger partial charge in [0.05, 0.1) is 12.7 Å². The van der Waals surface area contributed by atoms with Gasteiger partial charge in [0.15, 0.2) is 14.7 Å². The molecule has 0 saturated heterocycles. The minimum Gasteiger partial charge on any atom is -0.443 e. The lowest BCUT2D eigenvalue weighted by Crippen LogP contribution is -2.48. The van der Waals surface area contributed by atoms with Crippen molar-refractivity contribution < 1.29 is 14.0 Å². The Labute approximate surface area is 241 Å². The van der Waals surface area contributed by atoms with Crippen LogP contribution in [0.15, 0.2) is 55.3 Å². The summed E-state index contributed by atoms with van der Waals surface area (Å²) in [7, 11) is -1.42. The molecule has 1 amide bonds. The van der Waals surface area contributed by atoms with Crippen molar-refractivity contribution in [1.82, 2.24) is 14.6 Å². The fraction of sp³-hybridized carbons (Fsp3) is 0.516. The first-order chi connectivity index (χ1) is 18.6. The van der Waals surface area contributed by atoms with Crippen LogP contribution < -0.4 is 9.80 Å². The number of nitrogens with zero attached hydrogens (tertiary/aromatic N) is 5. The van der Waals surface area contributed by atoms with E-state index in [4.69, 9.17) is 19.2 Å². The van der Waals surface area contributed by atoms with Gasteiger partial charge < -0.3 is 14.1 Å². The number of anilines is 2. The van der Waals surface area contributed by atoms with E-state index in [0.717, 1.165) is 11.1 Å². The van der Waals surface area contributed by atoms with Crippen LogP contribution in [-0.2, 0) is 15.7 Å². The molecule has 2 aromatic heterocycles. The van der Waals surface area contributed by atoms with Gasteiger partial charge in [-0.3, -0.25) is 4.90 Å². The lowest BCUT2D eigenvalue weighted by Gasteiger charge is -2.41. The molecule has 218 valence electrons. The van der Waals surface area contributed by atoms with Crippen LogP contribution in [0.5, 0.6) is 0 Å². The van der Waals surface area contributed by atoms with Crippen LogP contribution in [0.25, 0.3) is 5.65 Å². The Balaban J connectivity index is 2.32. The van der Waals surface area contributed by atoms with E-state index in [0.29, 0.717) is 30.4 Å². The van der Waals surface area contributed by atoms with Crippen LogP contribution in [-0.4, -0.2) is 48.1 Å². The molecule has 40 heavy (non-hydrogen) atoms. The number of carbonyl (C=O) groups is 1. The smallest absolute Gasteiger partial charge is 0.416 e. The Kier molecular flexibility index (Phi) is 9.84. The normalized spacial score (nSPS) is 13.1. The number of amides is 1. The standard InChI is InChI=1S/C31H47N5O3Si/c1-12-18-34(28(30(4,5)6)39-40(10)11)25-19-26(36-27(33-25)24(20-32-36)22(2)3)35(29(37)38-31(7,8)9)21-23-16-14-13-15-17-23/h12-17,19-20,22,28,40H,1,18,21H2,2-11H3/t28-/m1/s1. The molecule has 0 N–H and O–H groups in total. The number of benzene rings is 1. The molecule has 3 aromatic rings. The maximum Gasteiger partial charge on any atom is 0.416 e. The largest absolute Gasteiger partial charge is 0.443 e. The second-order valence-electron chi connectivity index (χ2n) is 12.9. The third-order valence-electron chi connectivity index (χ3n) is 6.21. The lowest BCUT2D eigenvalue weighted by atomic mass is 9.93. The van der Waals surface area contributed by atoms with E-state index in [-0.39, 0.29) is 17.6 Å². The van der Waals surface area contributed by atoms with Gasteiger partial charge >= 0.3 is 6.09 Å². The molecule has 0 aliphatic heterocycles. The minimum atomic E-state index is -1.42. The summed E-state index contributed by atoms with van der Waals surface area (Å²) in [6.07, 6.45) is 3.01. The summed E-state index contributed by atoms with van der Waals surface area (Å²) >= 11 is 0. The zero-order valence-electron chi connectivity index (χ0n) is 25.9. The molecular weight excluding hydrogens is 518 g/mol. The van der Waals surface area contributed by atoms with Gasteiger partial charge in [-0.2, -0.15) is 9.61 Å². The number of ether oxygens (including phenoxy) is 1. The molecule has 0 aliphatic carbocycles.